The smallest absolute Gasteiger partial charge is 0.417 e. The molecule has 216 valence electrons. The third kappa shape index (κ3) is 10.7. The minimum atomic E-state index is -4.48. The molecule has 2 aromatic rings. The summed E-state index contributed by atoms with van der Waals surface area (Å²) in [5.41, 5.74) is 2.04. The Kier molecular flexibility index (Phi) is 14.4. The first kappa shape index (κ1) is 34.1. The second kappa shape index (κ2) is 16.9. The molecule has 40 heavy (non-hydrogen) atoms. The van der Waals surface area contributed by atoms with Crippen LogP contribution < -0.4 is 4.74 Å². The van der Waals surface area contributed by atoms with Crippen molar-refractivity contribution >= 4 is 17.5 Å². The van der Waals surface area contributed by atoms with Gasteiger partial charge in [-0.05, 0) is 55.7 Å². The molecule has 8 heteroatoms. The Labute approximate surface area is 235 Å². The molecule has 0 aliphatic carbocycles. The van der Waals surface area contributed by atoms with Gasteiger partial charge in [0.15, 0.2) is 0 Å². The number of benzene rings is 2. The molecule has 0 N–H and O–H groups in total. The monoisotopic (exact) mass is 558 g/mol. The van der Waals surface area contributed by atoms with Crippen molar-refractivity contribution in [3.05, 3.63) is 107 Å². The maximum absolute atomic E-state index is 13.6. The summed E-state index contributed by atoms with van der Waals surface area (Å²) in [6.45, 7) is 15.4. The van der Waals surface area contributed by atoms with Gasteiger partial charge in [-0.3, -0.25) is 9.98 Å². The zero-order valence-corrected chi connectivity index (χ0v) is 24.0. The van der Waals surface area contributed by atoms with Gasteiger partial charge in [0, 0.05) is 36.5 Å². The van der Waals surface area contributed by atoms with Crippen molar-refractivity contribution in [1.82, 2.24) is 0 Å². The Morgan fingerprint density at radius 1 is 1.05 bits per heavy atom. The van der Waals surface area contributed by atoms with Crippen molar-refractivity contribution in [2.75, 3.05) is 20.8 Å². The van der Waals surface area contributed by atoms with Crippen LogP contribution in [0.1, 0.15) is 57.2 Å². The van der Waals surface area contributed by atoms with E-state index in [4.69, 9.17) is 9.47 Å². The number of alkyl halides is 3. The van der Waals surface area contributed by atoms with Crippen LogP contribution in [-0.2, 0) is 10.9 Å². The second-order valence-electron chi connectivity index (χ2n) is 8.51. The van der Waals surface area contributed by atoms with Gasteiger partial charge in [0.25, 0.3) is 0 Å². The highest BCUT2D eigenvalue weighted by Crippen LogP contribution is 2.37. The van der Waals surface area contributed by atoms with Crippen molar-refractivity contribution < 1.29 is 27.0 Å². The van der Waals surface area contributed by atoms with Crippen molar-refractivity contribution in [3.63, 3.8) is 0 Å². The summed E-state index contributed by atoms with van der Waals surface area (Å²) >= 11 is 0. The van der Waals surface area contributed by atoms with E-state index in [2.05, 4.69) is 23.1 Å². The van der Waals surface area contributed by atoms with Crippen molar-refractivity contribution in [1.29, 1.82) is 0 Å². The van der Waals surface area contributed by atoms with Gasteiger partial charge in [0.1, 0.15) is 11.6 Å². The van der Waals surface area contributed by atoms with Crippen molar-refractivity contribution in [3.8, 4) is 5.75 Å². The summed E-state index contributed by atoms with van der Waals surface area (Å²) in [5.74, 6) is 0.505. The van der Waals surface area contributed by atoms with E-state index in [-0.39, 0.29) is 22.7 Å². The number of hydrogen-bond acceptors (Lipinski definition) is 4. The molecule has 0 amide bonds. The second-order valence-corrected chi connectivity index (χ2v) is 8.51. The van der Waals surface area contributed by atoms with Crippen LogP contribution in [0.4, 0.5) is 17.6 Å². The first-order chi connectivity index (χ1) is 18.9. The average molecular weight is 559 g/mol. The predicted molar refractivity (Wildman–Crippen MR) is 158 cm³/mol. The topological polar surface area (TPSA) is 43.2 Å². The quantitative estimate of drug-likeness (QED) is 0.119. The van der Waals surface area contributed by atoms with Crippen molar-refractivity contribution in [2.45, 2.75) is 46.7 Å². The molecule has 0 unspecified atom stereocenters. The van der Waals surface area contributed by atoms with E-state index in [1.54, 1.807) is 38.4 Å². The molecule has 0 spiro atoms. The van der Waals surface area contributed by atoms with Crippen LogP contribution in [0, 0.1) is 5.82 Å². The van der Waals surface area contributed by atoms with E-state index in [1.807, 2.05) is 26.8 Å². The molecule has 0 radical (unpaired) electrons. The molecule has 0 atom stereocenters. The lowest BCUT2D eigenvalue weighted by atomic mass is 9.99. The number of aliphatic imine (C=N–C) groups is 2. The highest BCUT2D eigenvalue weighted by molar-refractivity contribution is 6.00. The van der Waals surface area contributed by atoms with Gasteiger partial charge >= 0.3 is 6.18 Å². The molecule has 0 saturated carbocycles. The zero-order chi connectivity index (χ0) is 30.3. The summed E-state index contributed by atoms with van der Waals surface area (Å²) in [6, 6.07) is 10.5. The lowest BCUT2D eigenvalue weighted by Gasteiger charge is -2.16. The van der Waals surface area contributed by atoms with E-state index < -0.39 is 11.7 Å². The third-order valence-electron chi connectivity index (χ3n) is 5.50. The number of allylic oxidation sites excluding steroid dienone is 5. The molecule has 0 saturated heterocycles. The summed E-state index contributed by atoms with van der Waals surface area (Å²) in [6.07, 6.45) is 1.82. The van der Waals surface area contributed by atoms with Gasteiger partial charge in [0.05, 0.1) is 30.7 Å². The fourth-order valence-electron chi connectivity index (χ4n) is 3.46. The molecule has 0 bridgehead atoms. The molecular weight excluding hydrogens is 520 g/mol. The molecular formula is C32H38F4N2O2. The predicted octanol–water partition coefficient (Wildman–Crippen LogP) is 9.24. The summed E-state index contributed by atoms with van der Waals surface area (Å²) in [5, 5.41) is 0. The van der Waals surface area contributed by atoms with Crippen LogP contribution in [-0.4, -0.2) is 32.7 Å². The van der Waals surface area contributed by atoms with Gasteiger partial charge < -0.3 is 9.47 Å². The van der Waals surface area contributed by atoms with E-state index >= 15 is 0 Å². The average Bonchev–Trinajstić information content (AvgIpc) is 2.93. The molecule has 0 aromatic heterocycles. The van der Waals surface area contributed by atoms with Gasteiger partial charge in [-0.1, -0.05) is 57.3 Å². The number of rotatable bonds is 11. The van der Waals surface area contributed by atoms with Gasteiger partial charge in [-0.2, -0.15) is 13.2 Å². The fourth-order valence-corrected chi connectivity index (χ4v) is 3.46. The Balaban J connectivity index is 0.000000408. The number of nitrogens with zero attached hydrogens (tertiary/aromatic N) is 2. The minimum absolute atomic E-state index is 0.0272. The van der Waals surface area contributed by atoms with Crippen LogP contribution in [0.25, 0.3) is 5.57 Å². The highest BCUT2D eigenvalue weighted by Gasteiger charge is 2.34. The van der Waals surface area contributed by atoms with Gasteiger partial charge in [0.2, 0.25) is 0 Å². The van der Waals surface area contributed by atoms with E-state index in [0.717, 1.165) is 12.5 Å². The number of hydrogen-bond donors (Lipinski definition) is 0. The largest absolute Gasteiger partial charge is 0.501 e. The van der Waals surface area contributed by atoms with E-state index in [1.165, 1.54) is 31.4 Å². The third-order valence-corrected chi connectivity index (χ3v) is 5.50. The Morgan fingerprint density at radius 3 is 2.25 bits per heavy atom. The lowest BCUT2D eigenvalue weighted by molar-refractivity contribution is -0.137. The highest BCUT2D eigenvalue weighted by atomic mass is 19.4. The minimum Gasteiger partial charge on any atom is -0.501 e. The summed E-state index contributed by atoms with van der Waals surface area (Å²) in [7, 11) is 3.15. The molecule has 0 fully saturated rings. The molecule has 0 heterocycles. The van der Waals surface area contributed by atoms with Crippen LogP contribution in [0.5, 0.6) is 5.75 Å². The number of ether oxygens (including phenoxy) is 2. The Bertz CT molecular complexity index is 1270. The van der Waals surface area contributed by atoms with Crippen LogP contribution in [0.15, 0.2) is 94.8 Å². The Morgan fingerprint density at radius 2 is 1.73 bits per heavy atom. The van der Waals surface area contributed by atoms with Gasteiger partial charge in [-0.25, -0.2) is 4.39 Å². The molecule has 4 nitrogen and oxygen atoms in total. The maximum Gasteiger partial charge on any atom is 0.417 e. The number of methoxy groups -OCH3 is 1. The SMILES string of the molecule is C=C(/C=C(/CC)OC)c1ccc(OCCC)cc1C(F)(F)F.C=C(C=NC)/C(=C\C)N=C(C)c1ccccc1F. The first-order valence-electron chi connectivity index (χ1n) is 12.8. The van der Waals surface area contributed by atoms with Crippen molar-refractivity contribution in [2.24, 2.45) is 9.98 Å². The standard InChI is InChI=1S/C17H21F3O2.C15H17FN2/c1-5-9-22-14-7-8-15(16(11-14)17(18,19)20)12(3)10-13(6-2)21-4;1-5-15(11(2)10-17-4)18-12(3)13-8-6-7-9-14(13)16/h7-8,10-11H,3,5-6,9H2,1-2,4H3;5-10H,2H2,1,3-4H3/b13-10-;15-5+,17-10?,18-12?. The molecule has 0 aliphatic rings. The fraction of sp³-hybridized carbons (Fsp3) is 0.312. The lowest BCUT2D eigenvalue weighted by Crippen LogP contribution is -2.09. The molecule has 0 aliphatic heterocycles. The zero-order valence-electron chi connectivity index (χ0n) is 24.0. The van der Waals surface area contributed by atoms with Crippen LogP contribution in [0.3, 0.4) is 0 Å². The summed E-state index contributed by atoms with van der Waals surface area (Å²) in [4.78, 5) is 8.28. The van der Waals surface area contributed by atoms with Gasteiger partial charge in [-0.15, -0.1) is 0 Å². The molecule has 2 aromatic carbocycles. The molecule has 2 rings (SSSR count). The van der Waals surface area contributed by atoms with Crippen LogP contribution >= 0.6 is 0 Å². The van der Waals surface area contributed by atoms with E-state index in [0.29, 0.717) is 41.3 Å². The maximum atomic E-state index is 13.6. The normalized spacial score (nSPS) is 12.6. The Hall–Kier alpha value is -3.94. The first-order valence-corrected chi connectivity index (χ1v) is 12.8. The van der Waals surface area contributed by atoms with E-state index in [9.17, 15) is 17.6 Å². The number of halogens is 4. The van der Waals surface area contributed by atoms with Crippen LogP contribution in [0.2, 0.25) is 0 Å². The summed E-state index contributed by atoms with van der Waals surface area (Å²) < 4.78 is 63.8.